The van der Waals surface area contributed by atoms with E-state index in [9.17, 15) is 4.79 Å². The van der Waals surface area contributed by atoms with Crippen molar-refractivity contribution in [3.8, 4) is 0 Å². The topological polar surface area (TPSA) is 33.2 Å². The van der Waals surface area contributed by atoms with Crippen LogP contribution in [0.25, 0.3) is 0 Å². The highest BCUT2D eigenvalue weighted by molar-refractivity contribution is 9.10. The maximum Gasteiger partial charge on any atom is 0.258 e. The number of amides is 1. The molecular formula is C17H19BrN2O. The Kier molecular flexibility index (Phi) is 5.51. The third-order valence-electron chi connectivity index (χ3n) is 3.42. The number of halogens is 1. The van der Waals surface area contributed by atoms with Crippen LogP contribution in [0.2, 0.25) is 0 Å². The number of unbranched alkanes of at least 4 members (excludes halogenated alkanes) is 1. The molecule has 0 saturated heterocycles. The zero-order valence-electron chi connectivity index (χ0n) is 12.3. The molecule has 0 aliphatic carbocycles. The lowest BCUT2D eigenvalue weighted by Gasteiger charge is -2.18. The molecule has 0 radical (unpaired) electrons. The van der Waals surface area contributed by atoms with E-state index in [2.05, 4.69) is 40.0 Å². The second-order valence-corrected chi connectivity index (χ2v) is 5.81. The van der Waals surface area contributed by atoms with Crippen molar-refractivity contribution in [2.75, 3.05) is 11.9 Å². The number of anilines is 1. The van der Waals surface area contributed by atoms with Crippen molar-refractivity contribution in [1.29, 1.82) is 0 Å². The third kappa shape index (κ3) is 4.14. The molecule has 1 aromatic heterocycles. The Morgan fingerprint density at radius 2 is 1.95 bits per heavy atom. The lowest BCUT2D eigenvalue weighted by Crippen LogP contribution is -2.26. The average Bonchev–Trinajstić information content (AvgIpc) is 2.52. The van der Waals surface area contributed by atoms with Gasteiger partial charge in [0.15, 0.2) is 0 Å². The van der Waals surface area contributed by atoms with E-state index in [1.807, 2.05) is 12.1 Å². The van der Waals surface area contributed by atoms with E-state index in [4.69, 9.17) is 0 Å². The molecule has 0 aliphatic heterocycles. The number of hydrogen-bond acceptors (Lipinski definition) is 2. The molecule has 0 atom stereocenters. The molecule has 2 aromatic rings. The molecule has 0 spiro atoms. The minimum Gasteiger partial charge on any atom is -0.311 e. The first-order chi connectivity index (χ1) is 10.1. The molecule has 0 unspecified atom stereocenters. The summed E-state index contributed by atoms with van der Waals surface area (Å²) in [6, 6.07) is 11.6. The lowest BCUT2D eigenvalue weighted by atomic mass is 10.1. The van der Waals surface area contributed by atoms with Crippen LogP contribution in [-0.4, -0.2) is 17.9 Å². The zero-order valence-corrected chi connectivity index (χ0v) is 13.9. The van der Waals surface area contributed by atoms with Crippen molar-refractivity contribution in [1.82, 2.24) is 4.98 Å². The van der Waals surface area contributed by atoms with Gasteiger partial charge < -0.3 is 4.90 Å². The van der Waals surface area contributed by atoms with E-state index in [0.717, 1.165) is 12.1 Å². The van der Waals surface area contributed by atoms with E-state index >= 15 is 0 Å². The van der Waals surface area contributed by atoms with Crippen LogP contribution >= 0.6 is 15.9 Å². The summed E-state index contributed by atoms with van der Waals surface area (Å²) in [5.41, 5.74) is 2.83. The first kappa shape index (κ1) is 15.7. The number of benzene rings is 1. The van der Waals surface area contributed by atoms with Crippen LogP contribution in [0.4, 0.5) is 5.69 Å². The molecule has 0 saturated carbocycles. The summed E-state index contributed by atoms with van der Waals surface area (Å²) in [6.45, 7) is 2.19. The summed E-state index contributed by atoms with van der Waals surface area (Å²) in [4.78, 5) is 18.1. The molecule has 1 heterocycles. The first-order valence-electron chi connectivity index (χ1n) is 7.10. The van der Waals surface area contributed by atoms with Crippen LogP contribution in [0.5, 0.6) is 0 Å². The van der Waals surface area contributed by atoms with Crippen molar-refractivity contribution < 1.29 is 4.79 Å². The number of pyridine rings is 1. The fourth-order valence-electron chi connectivity index (χ4n) is 2.11. The zero-order chi connectivity index (χ0) is 15.2. The summed E-state index contributed by atoms with van der Waals surface area (Å²) in [6.07, 6.45) is 5.10. The summed E-state index contributed by atoms with van der Waals surface area (Å²) >= 11 is 3.29. The Bertz CT molecular complexity index is 610. The fraction of sp³-hybridized carbons (Fsp3) is 0.294. The highest BCUT2D eigenvalue weighted by Crippen LogP contribution is 2.18. The van der Waals surface area contributed by atoms with Gasteiger partial charge in [0.25, 0.3) is 5.91 Å². The SMILES string of the molecule is CCCCc1ccc(N(C)C(=O)c2ccnc(Br)c2)cc1. The van der Waals surface area contributed by atoms with E-state index in [-0.39, 0.29) is 5.91 Å². The minimum atomic E-state index is -0.0422. The van der Waals surface area contributed by atoms with Crippen molar-refractivity contribution in [3.63, 3.8) is 0 Å². The van der Waals surface area contributed by atoms with E-state index in [1.54, 1.807) is 30.3 Å². The van der Waals surface area contributed by atoms with Gasteiger partial charge in [0, 0.05) is 24.5 Å². The van der Waals surface area contributed by atoms with Crippen molar-refractivity contribution in [2.45, 2.75) is 26.2 Å². The van der Waals surface area contributed by atoms with E-state index < -0.39 is 0 Å². The van der Waals surface area contributed by atoms with Gasteiger partial charge in [-0.3, -0.25) is 4.79 Å². The Morgan fingerprint density at radius 1 is 1.24 bits per heavy atom. The highest BCUT2D eigenvalue weighted by atomic mass is 79.9. The average molecular weight is 347 g/mol. The molecule has 4 heteroatoms. The van der Waals surface area contributed by atoms with Gasteiger partial charge in [0.1, 0.15) is 4.60 Å². The Morgan fingerprint density at radius 3 is 2.57 bits per heavy atom. The number of carbonyl (C=O) groups is 1. The Labute approximate surface area is 134 Å². The van der Waals surface area contributed by atoms with E-state index in [0.29, 0.717) is 10.2 Å². The summed E-state index contributed by atoms with van der Waals surface area (Å²) < 4.78 is 0.664. The number of hydrogen-bond donors (Lipinski definition) is 0. The summed E-state index contributed by atoms with van der Waals surface area (Å²) in [7, 11) is 1.79. The maximum atomic E-state index is 12.4. The van der Waals surface area contributed by atoms with Gasteiger partial charge in [0.2, 0.25) is 0 Å². The molecule has 0 fully saturated rings. The molecule has 1 amide bonds. The molecule has 0 N–H and O–H groups in total. The molecule has 0 bridgehead atoms. The summed E-state index contributed by atoms with van der Waals surface area (Å²) in [5.74, 6) is -0.0422. The summed E-state index contributed by atoms with van der Waals surface area (Å²) in [5, 5.41) is 0. The van der Waals surface area contributed by atoms with Gasteiger partial charge in [-0.15, -0.1) is 0 Å². The molecular weight excluding hydrogens is 328 g/mol. The van der Waals surface area contributed by atoms with Crippen LogP contribution < -0.4 is 4.90 Å². The molecule has 21 heavy (non-hydrogen) atoms. The Hall–Kier alpha value is -1.68. The highest BCUT2D eigenvalue weighted by Gasteiger charge is 2.13. The predicted octanol–water partition coefficient (Wildman–Crippen LogP) is 4.46. The van der Waals surface area contributed by atoms with Gasteiger partial charge in [-0.1, -0.05) is 25.5 Å². The molecule has 2 rings (SSSR count). The Balaban J connectivity index is 2.12. The minimum absolute atomic E-state index is 0.0422. The van der Waals surface area contributed by atoms with Crippen molar-refractivity contribution in [3.05, 3.63) is 58.3 Å². The van der Waals surface area contributed by atoms with Crippen LogP contribution in [0.3, 0.4) is 0 Å². The third-order valence-corrected chi connectivity index (χ3v) is 3.85. The van der Waals surface area contributed by atoms with Crippen LogP contribution in [0.15, 0.2) is 47.2 Å². The first-order valence-corrected chi connectivity index (χ1v) is 7.89. The molecule has 3 nitrogen and oxygen atoms in total. The quantitative estimate of drug-likeness (QED) is 0.748. The normalized spacial score (nSPS) is 10.4. The number of aryl methyl sites for hydroxylation is 1. The van der Waals surface area contributed by atoms with Crippen LogP contribution in [0, 0.1) is 0 Å². The predicted molar refractivity (Wildman–Crippen MR) is 89.7 cm³/mol. The number of rotatable bonds is 5. The number of nitrogens with zero attached hydrogens (tertiary/aromatic N) is 2. The molecule has 1 aromatic carbocycles. The van der Waals surface area contributed by atoms with Gasteiger partial charge >= 0.3 is 0 Å². The monoisotopic (exact) mass is 346 g/mol. The fourth-order valence-corrected chi connectivity index (χ4v) is 2.48. The smallest absolute Gasteiger partial charge is 0.258 e. The van der Waals surface area contributed by atoms with E-state index in [1.165, 1.54) is 18.4 Å². The van der Waals surface area contributed by atoms with Gasteiger partial charge in [-0.2, -0.15) is 0 Å². The van der Waals surface area contributed by atoms with Gasteiger partial charge in [-0.05, 0) is 58.6 Å². The largest absolute Gasteiger partial charge is 0.311 e. The molecule has 0 aliphatic rings. The second kappa shape index (κ2) is 7.36. The number of aromatic nitrogens is 1. The van der Waals surface area contributed by atoms with Crippen molar-refractivity contribution >= 4 is 27.5 Å². The van der Waals surface area contributed by atoms with Crippen LogP contribution in [0.1, 0.15) is 35.7 Å². The lowest BCUT2D eigenvalue weighted by molar-refractivity contribution is 0.0993. The second-order valence-electron chi connectivity index (χ2n) is 5.00. The van der Waals surface area contributed by atoms with Gasteiger partial charge in [0.05, 0.1) is 0 Å². The van der Waals surface area contributed by atoms with Crippen molar-refractivity contribution in [2.24, 2.45) is 0 Å². The maximum absolute atomic E-state index is 12.4. The standard InChI is InChI=1S/C17H19BrN2O/c1-3-4-5-13-6-8-15(9-7-13)20(2)17(21)14-10-11-19-16(18)12-14/h6-12H,3-5H2,1-2H3. The number of carbonyl (C=O) groups excluding carboxylic acids is 1. The van der Waals surface area contributed by atoms with Crippen LogP contribution in [-0.2, 0) is 6.42 Å². The molecule has 110 valence electrons. The van der Waals surface area contributed by atoms with Gasteiger partial charge in [-0.25, -0.2) is 4.98 Å².